The quantitative estimate of drug-likeness (QED) is 0.570. The summed E-state index contributed by atoms with van der Waals surface area (Å²) in [5.41, 5.74) is 4.53. The van der Waals surface area contributed by atoms with Crippen molar-refractivity contribution in [3.8, 4) is 5.75 Å². The standard InChI is InChI=1S/C14H19N5O/c1-9-13(17-10(2)18-14(9)19-15)16-8-11-6-4-5-7-12(11)20-3/h4-7H,8,15H2,1-3H3,(H2,16,17,18,19). The van der Waals surface area contributed by atoms with E-state index in [0.717, 1.165) is 22.7 Å². The van der Waals surface area contributed by atoms with E-state index in [2.05, 4.69) is 20.7 Å². The zero-order valence-corrected chi connectivity index (χ0v) is 11.9. The van der Waals surface area contributed by atoms with E-state index in [9.17, 15) is 0 Å². The average Bonchev–Trinajstić information content (AvgIpc) is 2.48. The fourth-order valence-corrected chi connectivity index (χ4v) is 1.97. The van der Waals surface area contributed by atoms with E-state index < -0.39 is 0 Å². The van der Waals surface area contributed by atoms with Gasteiger partial charge in [-0.05, 0) is 19.9 Å². The van der Waals surface area contributed by atoms with Crippen LogP contribution in [-0.2, 0) is 6.54 Å². The number of benzene rings is 1. The van der Waals surface area contributed by atoms with Gasteiger partial charge in [0.25, 0.3) is 0 Å². The number of nitrogens with zero attached hydrogens (tertiary/aromatic N) is 2. The number of para-hydroxylation sites is 1. The third kappa shape index (κ3) is 2.97. The van der Waals surface area contributed by atoms with Gasteiger partial charge >= 0.3 is 0 Å². The van der Waals surface area contributed by atoms with E-state index in [0.29, 0.717) is 18.2 Å². The molecule has 0 aliphatic carbocycles. The second-order valence-electron chi connectivity index (χ2n) is 4.40. The minimum atomic E-state index is 0.616. The summed E-state index contributed by atoms with van der Waals surface area (Å²) in [6, 6.07) is 7.86. The molecular formula is C14H19N5O. The molecule has 0 fully saturated rings. The van der Waals surface area contributed by atoms with Gasteiger partial charge in [-0.1, -0.05) is 18.2 Å². The third-order valence-corrected chi connectivity index (χ3v) is 3.03. The Balaban J connectivity index is 2.21. The first-order valence-corrected chi connectivity index (χ1v) is 6.33. The van der Waals surface area contributed by atoms with E-state index in [1.807, 2.05) is 38.1 Å². The van der Waals surface area contributed by atoms with Gasteiger partial charge < -0.3 is 15.5 Å². The van der Waals surface area contributed by atoms with E-state index in [1.54, 1.807) is 7.11 Å². The molecule has 20 heavy (non-hydrogen) atoms. The second kappa shape index (κ2) is 6.21. The van der Waals surface area contributed by atoms with Gasteiger partial charge in [-0.2, -0.15) is 0 Å². The molecule has 6 nitrogen and oxygen atoms in total. The summed E-state index contributed by atoms with van der Waals surface area (Å²) in [6.45, 7) is 4.36. The van der Waals surface area contributed by atoms with Crippen molar-refractivity contribution in [2.45, 2.75) is 20.4 Å². The summed E-state index contributed by atoms with van der Waals surface area (Å²) in [7, 11) is 1.66. The van der Waals surface area contributed by atoms with Crippen molar-refractivity contribution in [3.05, 3.63) is 41.2 Å². The van der Waals surface area contributed by atoms with Crippen LogP contribution in [0.3, 0.4) is 0 Å². The van der Waals surface area contributed by atoms with Crippen LogP contribution in [0.15, 0.2) is 24.3 Å². The zero-order valence-electron chi connectivity index (χ0n) is 11.9. The van der Waals surface area contributed by atoms with E-state index >= 15 is 0 Å². The van der Waals surface area contributed by atoms with Crippen LogP contribution in [0.2, 0.25) is 0 Å². The molecule has 0 aliphatic heterocycles. The predicted octanol–water partition coefficient (Wildman–Crippen LogP) is 2.00. The first-order chi connectivity index (χ1) is 9.65. The van der Waals surface area contributed by atoms with Gasteiger partial charge in [-0.3, -0.25) is 0 Å². The van der Waals surface area contributed by atoms with Gasteiger partial charge in [0.2, 0.25) is 0 Å². The summed E-state index contributed by atoms with van der Waals surface area (Å²) in [4.78, 5) is 8.62. The van der Waals surface area contributed by atoms with Gasteiger partial charge in [0, 0.05) is 17.7 Å². The molecule has 1 aromatic heterocycles. The molecule has 0 aliphatic rings. The van der Waals surface area contributed by atoms with Crippen LogP contribution in [-0.4, -0.2) is 17.1 Å². The first-order valence-electron chi connectivity index (χ1n) is 6.33. The number of nitrogen functional groups attached to an aromatic ring is 1. The molecule has 2 aromatic rings. The van der Waals surface area contributed by atoms with Crippen molar-refractivity contribution >= 4 is 11.6 Å². The Hall–Kier alpha value is -2.34. The number of ether oxygens (including phenoxy) is 1. The Morgan fingerprint density at radius 2 is 1.85 bits per heavy atom. The van der Waals surface area contributed by atoms with Crippen molar-refractivity contribution in [2.24, 2.45) is 5.84 Å². The van der Waals surface area contributed by atoms with Crippen molar-refractivity contribution in [1.82, 2.24) is 9.97 Å². The topological polar surface area (TPSA) is 85.1 Å². The lowest BCUT2D eigenvalue weighted by Gasteiger charge is -2.14. The maximum Gasteiger partial charge on any atom is 0.148 e. The minimum absolute atomic E-state index is 0.616. The lowest BCUT2D eigenvalue weighted by Crippen LogP contribution is -2.14. The number of aromatic nitrogens is 2. The fourth-order valence-electron chi connectivity index (χ4n) is 1.97. The predicted molar refractivity (Wildman–Crippen MR) is 79.6 cm³/mol. The summed E-state index contributed by atoms with van der Waals surface area (Å²) in [5, 5.41) is 3.29. The molecule has 0 saturated heterocycles. The average molecular weight is 273 g/mol. The maximum atomic E-state index is 5.45. The van der Waals surface area contributed by atoms with E-state index in [-0.39, 0.29) is 0 Å². The molecule has 4 N–H and O–H groups in total. The zero-order chi connectivity index (χ0) is 14.5. The molecule has 0 saturated carbocycles. The van der Waals surface area contributed by atoms with Crippen LogP contribution < -0.4 is 21.3 Å². The van der Waals surface area contributed by atoms with Crippen LogP contribution in [0.25, 0.3) is 0 Å². The fraction of sp³-hybridized carbons (Fsp3) is 0.286. The Morgan fingerprint density at radius 1 is 1.15 bits per heavy atom. The highest BCUT2D eigenvalue weighted by Gasteiger charge is 2.09. The highest BCUT2D eigenvalue weighted by molar-refractivity contribution is 5.57. The number of aryl methyl sites for hydroxylation is 1. The van der Waals surface area contributed by atoms with Crippen molar-refractivity contribution in [2.75, 3.05) is 17.9 Å². The number of hydrogen-bond acceptors (Lipinski definition) is 6. The molecule has 2 rings (SSSR count). The largest absolute Gasteiger partial charge is 0.496 e. The highest BCUT2D eigenvalue weighted by Crippen LogP contribution is 2.22. The summed E-state index contributed by atoms with van der Waals surface area (Å²) < 4.78 is 5.33. The Bertz CT molecular complexity index is 600. The molecule has 0 spiro atoms. The molecule has 0 unspecified atom stereocenters. The summed E-state index contributed by atoms with van der Waals surface area (Å²) in [5.74, 6) is 8.35. The lowest BCUT2D eigenvalue weighted by atomic mass is 10.2. The second-order valence-corrected chi connectivity index (χ2v) is 4.40. The normalized spacial score (nSPS) is 10.2. The monoisotopic (exact) mass is 273 g/mol. The number of anilines is 2. The van der Waals surface area contributed by atoms with Gasteiger partial charge in [-0.15, -0.1) is 0 Å². The molecule has 0 radical (unpaired) electrons. The number of hydrazine groups is 1. The smallest absolute Gasteiger partial charge is 0.148 e. The first kappa shape index (κ1) is 14.1. The number of hydrogen-bond donors (Lipinski definition) is 3. The minimum Gasteiger partial charge on any atom is -0.496 e. The van der Waals surface area contributed by atoms with Crippen LogP contribution in [0.1, 0.15) is 17.0 Å². The molecule has 6 heteroatoms. The molecule has 0 bridgehead atoms. The highest BCUT2D eigenvalue weighted by atomic mass is 16.5. The maximum absolute atomic E-state index is 5.45. The van der Waals surface area contributed by atoms with Crippen LogP contribution in [0.5, 0.6) is 5.75 Å². The van der Waals surface area contributed by atoms with Crippen molar-refractivity contribution in [3.63, 3.8) is 0 Å². The van der Waals surface area contributed by atoms with Crippen LogP contribution in [0, 0.1) is 13.8 Å². The van der Waals surface area contributed by atoms with Gasteiger partial charge in [0.1, 0.15) is 23.2 Å². The number of methoxy groups -OCH3 is 1. The van der Waals surface area contributed by atoms with E-state index in [4.69, 9.17) is 10.6 Å². The van der Waals surface area contributed by atoms with Crippen molar-refractivity contribution < 1.29 is 4.74 Å². The number of rotatable bonds is 5. The third-order valence-electron chi connectivity index (χ3n) is 3.03. The number of nitrogens with one attached hydrogen (secondary N) is 2. The number of nitrogens with two attached hydrogens (primary N) is 1. The Labute approximate surface area is 118 Å². The van der Waals surface area contributed by atoms with Crippen molar-refractivity contribution in [1.29, 1.82) is 0 Å². The lowest BCUT2D eigenvalue weighted by molar-refractivity contribution is 0.410. The molecule has 106 valence electrons. The van der Waals surface area contributed by atoms with Gasteiger partial charge in [0.15, 0.2) is 0 Å². The summed E-state index contributed by atoms with van der Waals surface area (Å²) >= 11 is 0. The Kier molecular flexibility index (Phi) is 4.37. The molecular weight excluding hydrogens is 254 g/mol. The van der Waals surface area contributed by atoms with Crippen LogP contribution >= 0.6 is 0 Å². The molecule has 1 aromatic carbocycles. The van der Waals surface area contributed by atoms with Crippen LogP contribution in [0.4, 0.5) is 11.6 Å². The Morgan fingerprint density at radius 3 is 2.55 bits per heavy atom. The van der Waals surface area contributed by atoms with Gasteiger partial charge in [-0.25, -0.2) is 15.8 Å². The summed E-state index contributed by atoms with van der Waals surface area (Å²) in [6.07, 6.45) is 0. The van der Waals surface area contributed by atoms with Gasteiger partial charge in [0.05, 0.1) is 7.11 Å². The molecule has 1 heterocycles. The molecule has 0 atom stereocenters. The molecule has 0 amide bonds. The SMILES string of the molecule is COc1ccccc1CNc1nc(C)nc(NN)c1C. The van der Waals surface area contributed by atoms with E-state index in [1.165, 1.54) is 0 Å².